The molecule has 5 heteroatoms. The molecule has 0 aliphatic heterocycles. The molecule has 2 N–H and O–H groups in total. The Hall–Kier alpha value is -1.10. The molecule has 0 aromatic rings. The molecule has 0 aliphatic rings. The Labute approximate surface area is 90.5 Å². The fourth-order valence-corrected chi connectivity index (χ4v) is 1.21. The smallest absolute Gasteiger partial charge is 0.307 e. The lowest BCUT2D eigenvalue weighted by molar-refractivity contribution is -0.141. The van der Waals surface area contributed by atoms with Gasteiger partial charge in [0.25, 0.3) is 0 Å². The summed E-state index contributed by atoms with van der Waals surface area (Å²) in [5, 5.41) is 11.4. The maximum atomic E-state index is 11.1. The van der Waals surface area contributed by atoms with Gasteiger partial charge < -0.3 is 15.3 Å². The highest BCUT2D eigenvalue weighted by atomic mass is 16.4. The summed E-state index contributed by atoms with van der Waals surface area (Å²) in [6, 6.07) is 0. The molecule has 0 aromatic heterocycles. The highest BCUT2D eigenvalue weighted by molar-refractivity contribution is 5.76. The minimum absolute atomic E-state index is 0.00679. The largest absolute Gasteiger partial charge is 0.481 e. The van der Waals surface area contributed by atoms with Crippen molar-refractivity contribution in [3.8, 4) is 0 Å². The van der Waals surface area contributed by atoms with Crippen LogP contribution in [0, 0.1) is 5.92 Å². The zero-order valence-corrected chi connectivity index (χ0v) is 9.62. The van der Waals surface area contributed by atoms with Gasteiger partial charge in [0.2, 0.25) is 5.91 Å². The van der Waals surface area contributed by atoms with Crippen LogP contribution in [0.2, 0.25) is 0 Å². The van der Waals surface area contributed by atoms with Crippen LogP contribution in [0.25, 0.3) is 0 Å². The minimum Gasteiger partial charge on any atom is -0.481 e. The van der Waals surface area contributed by atoms with Crippen LogP contribution in [0.5, 0.6) is 0 Å². The van der Waals surface area contributed by atoms with E-state index in [0.717, 1.165) is 0 Å². The second-order valence-electron chi connectivity index (χ2n) is 3.71. The number of nitrogens with zero attached hydrogens (tertiary/aromatic N) is 1. The van der Waals surface area contributed by atoms with Crippen LogP contribution in [0.3, 0.4) is 0 Å². The molecule has 0 spiro atoms. The molecule has 0 saturated heterocycles. The molecule has 0 rings (SSSR count). The number of carbonyl (C=O) groups is 2. The molecule has 0 saturated carbocycles. The number of aliphatic carboxylic acids is 1. The second-order valence-corrected chi connectivity index (χ2v) is 3.71. The molecule has 88 valence electrons. The molecule has 0 fully saturated rings. The highest BCUT2D eigenvalue weighted by Crippen LogP contribution is 1.98. The highest BCUT2D eigenvalue weighted by Gasteiger charge is 2.13. The number of carboxylic acid groups (broad SMARTS) is 1. The second kappa shape index (κ2) is 7.23. The summed E-state index contributed by atoms with van der Waals surface area (Å²) in [4.78, 5) is 23.5. The van der Waals surface area contributed by atoms with Crippen LogP contribution in [-0.4, -0.2) is 48.6 Å². The average molecular weight is 216 g/mol. The third kappa shape index (κ3) is 6.90. The van der Waals surface area contributed by atoms with Gasteiger partial charge in [-0.3, -0.25) is 9.59 Å². The number of carboxylic acids is 1. The van der Waals surface area contributed by atoms with E-state index >= 15 is 0 Å². The van der Waals surface area contributed by atoms with Crippen molar-refractivity contribution >= 4 is 11.9 Å². The number of carbonyl (C=O) groups excluding carboxylic acids is 1. The Bertz CT molecular complexity index is 219. The lowest BCUT2D eigenvalue weighted by Gasteiger charge is -2.18. The Balaban J connectivity index is 3.70. The van der Waals surface area contributed by atoms with Gasteiger partial charge in [-0.05, 0) is 14.0 Å². The first-order valence-corrected chi connectivity index (χ1v) is 5.15. The van der Waals surface area contributed by atoms with Crippen molar-refractivity contribution in [3.05, 3.63) is 0 Å². The number of amides is 1. The van der Waals surface area contributed by atoms with Crippen LogP contribution in [0.4, 0.5) is 0 Å². The normalized spacial score (nSPS) is 12.5. The van der Waals surface area contributed by atoms with Gasteiger partial charge in [0.15, 0.2) is 0 Å². The molecule has 0 bridgehead atoms. The van der Waals surface area contributed by atoms with Gasteiger partial charge in [0.05, 0.1) is 5.92 Å². The van der Waals surface area contributed by atoms with Crippen molar-refractivity contribution in [2.24, 2.45) is 5.92 Å². The lowest BCUT2D eigenvalue weighted by atomic mass is 10.2. The predicted octanol–water partition coefficient (Wildman–Crippen LogP) is 0.165. The molecular weight excluding hydrogens is 196 g/mol. The number of rotatable bonds is 7. The maximum Gasteiger partial charge on any atom is 0.307 e. The summed E-state index contributed by atoms with van der Waals surface area (Å²) >= 11 is 0. The topological polar surface area (TPSA) is 69.6 Å². The van der Waals surface area contributed by atoms with Crippen LogP contribution < -0.4 is 5.32 Å². The third-order valence-corrected chi connectivity index (χ3v) is 2.10. The third-order valence-electron chi connectivity index (χ3n) is 2.10. The Morgan fingerprint density at radius 3 is 2.53 bits per heavy atom. The van der Waals surface area contributed by atoms with E-state index in [-0.39, 0.29) is 5.91 Å². The van der Waals surface area contributed by atoms with E-state index in [9.17, 15) is 9.59 Å². The van der Waals surface area contributed by atoms with Crippen molar-refractivity contribution < 1.29 is 14.7 Å². The van der Waals surface area contributed by atoms with E-state index in [1.807, 2.05) is 18.9 Å². The summed E-state index contributed by atoms with van der Waals surface area (Å²) in [5.74, 6) is -1.20. The van der Waals surface area contributed by atoms with Gasteiger partial charge in [0.1, 0.15) is 0 Å². The molecule has 1 unspecified atom stereocenters. The van der Waals surface area contributed by atoms with E-state index in [4.69, 9.17) is 5.11 Å². The molecule has 1 amide bonds. The van der Waals surface area contributed by atoms with Gasteiger partial charge in [-0.2, -0.15) is 0 Å². The van der Waals surface area contributed by atoms with E-state index in [1.165, 1.54) is 0 Å². The van der Waals surface area contributed by atoms with Gasteiger partial charge in [-0.25, -0.2) is 0 Å². The predicted molar refractivity (Wildman–Crippen MR) is 57.6 cm³/mol. The molecule has 0 aliphatic carbocycles. The standard InChI is InChI=1S/C10H20N2O3/c1-4-11-9(13)5-6-12(3)7-8(2)10(14)15/h8H,4-7H2,1-3H3,(H,11,13)(H,14,15). The summed E-state index contributed by atoms with van der Waals surface area (Å²) < 4.78 is 0. The summed E-state index contributed by atoms with van der Waals surface area (Å²) in [6.45, 7) is 5.21. The molecule has 0 aromatic carbocycles. The monoisotopic (exact) mass is 216 g/mol. The minimum atomic E-state index is -0.806. The fourth-order valence-electron chi connectivity index (χ4n) is 1.21. The van der Waals surface area contributed by atoms with Gasteiger partial charge >= 0.3 is 5.97 Å². The molecule has 0 heterocycles. The Kier molecular flexibility index (Phi) is 6.70. The van der Waals surface area contributed by atoms with E-state index in [1.54, 1.807) is 6.92 Å². The van der Waals surface area contributed by atoms with Crippen LogP contribution in [0.15, 0.2) is 0 Å². The van der Waals surface area contributed by atoms with E-state index < -0.39 is 11.9 Å². The number of hydrogen-bond acceptors (Lipinski definition) is 3. The van der Waals surface area contributed by atoms with Crippen molar-refractivity contribution in [2.45, 2.75) is 20.3 Å². The molecular formula is C10H20N2O3. The molecule has 5 nitrogen and oxygen atoms in total. The average Bonchev–Trinajstić information content (AvgIpc) is 2.15. The summed E-state index contributed by atoms with van der Waals surface area (Å²) in [6.07, 6.45) is 0.413. The summed E-state index contributed by atoms with van der Waals surface area (Å²) in [7, 11) is 1.82. The zero-order valence-electron chi connectivity index (χ0n) is 9.62. The van der Waals surface area contributed by atoms with Crippen molar-refractivity contribution in [2.75, 3.05) is 26.7 Å². The maximum absolute atomic E-state index is 11.1. The Morgan fingerprint density at radius 2 is 2.07 bits per heavy atom. The van der Waals surface area contributed by atoms with Crippen molar-refractivity contribution in [1.29, 1.82) is 0 Å². The molecule has 15 heavy (non-hydrogen) atoms. The first kappa shape index (κ1) is 13.9. The summed E-state index contributed by atoms with van der Waals surface area (Å²) in [5.41, 5.74) is 0. The Morgan fingerprint density at radius 1 is 1.47 bits per heavy atom. The molecule has 0 radical (unpaired) electrons. The van der Waals surface area contributed by atoms with Crippen LogP contribution >= 0.6 is 0 Å². The van der Waals surface area contributed by atoms with Crippen molar-refractivity contribution in [1.82, 2.24) is 10.2 Å². The van der Waals surface area contributed by atoms with Gasteiger partial charge in [-0.1, -0.05) is 6.92 Å². The van der Waals surface area contributed by atoms with Crippen LogP contribution in [-0.2, 0) is 9.59 Å². The number of hydrogen-bond donors (Lipinski definition) is 2. The first-order valence-electron chi connectivity index (χ1n) is 5.15. The fraction of sp³-hybridized carbons (Fsp3) is 0.800. The van der Waals surface area contributed by atoms with Crippen LogP contribution in [0.1, 0.15) is 20.3 Å². The number of nitrogens with one attached hydrogen (secondary N) is 1. The van der Waals surface area contributed by atoms with Crippen molar-refractivity contribution in [3.63, 3.8) is 0 Å². The van der Waals surface area contributed by atoms with Gasteiger partial charge in [-0.15, -0.1) is 0 Å². The van der Waals surface area contributed by atoms with Gasteiger partial charge in [0, 0.05) is 26.1 Å². The quantitative estimate of drug-likeness (QED) is 0.636. The zero-order chi connectivity index (χ0) is 11.8. The van der Waals surface area contributed by atoms with E-state index in [0.29, 0.717) is 26.1 Å². The van der Waals surface area contributed by atoms with E-state index in [2.05, 4.69) is 5.32 Å². The molecule has 1 atom stereocenters. The lowest BCUT2D eigenvalue weighted by Crippen LogP contribution is -2.32. The first-order chi connectivity index (χ1) is 6.97. The SMILES string of the molecule is CCNC(=O)CCN(C)CC(C)C(=O)O.